The van der Waals surface area contributed by atoms with E-state index in [0.29, 0.717) is 5.75 Å². The highest BCUT2D eigenvalue weighted by Crippen LogP contribution is 2.42. The highest BCUT2D eigenvalue weighted by Gasteiger charge is 2.27. The third kappa shape index (κ3) is 4.96. The van der Waals surface area contributed by atoms with Gasteiger partial charge in [0.1, 0.15) is 5.75 Å². The molecule has 0 saturated heterocycles. The predicted octanol–water partition coefficient (Wildman–Crippen LogP) is 0.902. The second-order valence-corrected chi connectivity index (χ2v) is 5.72. The Morgan fingerprint density at radius 2 is 1.89 bits per heavy atom. The summed E-state index contributed by atoms with van der Waals surface area (Å²) in [7, 11) is -4.34. The van der Waals surface area contributed by atoms with E-state index in [0.717, 1.165) is 0 Å². The van der Waals surface area contributed by atoms with Gasteiger partial charge < -0.3 is 19.6 Å². The van der Waals surface area contributed by atoms with Crippen molar-refractivity contribution in [3.8, 4) is 5.75 Å². The van der Waals surface area contributed by atoms with Gasteiger partial charge in [0.2, 0.25) is 0 Å². The summed E-state index contributed by atoms with van der Waals surface area (Å²) in [4.78, 5) is 27.7. The lowest BCUT2D eigenvalue weighted by Gasteiger charge is -2.15. The number of nitro groups is 1. The number of rotatable bonds is 7. The summed E-state index contributed by atoms with van der Waals surface area (Å²) in [6, 6.07) is 5.32. The fourth-order valence-electron chi connectivity index (χ4n) is 1.34. The molecule has 8 nitrogen and oxygen atoms in total. The zero-order valence-electron chi connectivity index (χ0n) is 9.88. The molecule has 0 fully saturated rings. The molecule has 19 heavy (non-hydrogen) atoms. The van der Waals surface area contributed by atoms with Crippen LogP contribution >= 0.6 is 7.60 Å². The predicted molar refractivity (Wildman–Crippen MR) is 66.1 cm³/mol. The molecule has 9 heteroatoms. The van der Waals surface area contributed by atoms with Crippen molar-refractivity contribution in [1.82, 2.24) is 0 Å². The monoisotopic (exact) mass is 291 g/mol. The number of benzene rings is 1. The second kappa shape index (κ2) is 6.63. The number of nitro benzene ring substituents is 1. The summed E-state index contributed by atoms with van der Waals surface area (Å²) in [5.41, 5.74) is -1.23. The molecule has 0 aromatic heterocycles. The fourth-order valence-corrected chi connectivity index (χ4v) is 2.00. The third-order valence-corrected chi connectivity index (χ3v) is 3.83. The second-order valence-electron chi connectivity index (χ2n) is 3.81. The van der Waals surface area contributed by atoms with Crippen LogP contribution in [-0.2, 0) is 4.57 Å². The van der Waals surface area contributed by atoms with Gasteiger partial charge in [0.15, 0.2) is 0 Å². The van der Waals surface area contributed by atoms with E-state index < -0.39 is 24.8 Å². The van der Waals surface area contributed by atoms with E-state index in [1.165, 1.54) is 24.3 Å². The van der Waals surface area contributed by atoms with E-state index in [2.05, 4.69) is 0 Å². The average Bonchev–Trinajstić information content (AvgIpc) is 2.33. The topological polar surface area (TPSA) is 130 Å². The van der Waals surface area contributed by atoms with Crippen molar-refractivity contribution in [1.29, 1.82) is 0 Å². The largest absolute Gasteiger partial charge is 0.494 e. The van der Waals surface area contributed by atoms with Crippen molar-refractivity contribution < 1.29 is 29.1 Å². The molecule has 0 aliphatic rings. The molecule has 0 saturated carbocycles. The zero-order valence-corrected chi connectivity index (χ0v) is 10.8. The van der Waals surface area contributed by atoms with Crippen LogP contribution in [0.25, 0.3) is 0 Å². The van der Waals surface area contributed by atoms with Gasteiger partial charge in [-0.05, 0) is 18.6 Å². The SMILES string of the molecule is O=[N+]([O-])c1ccc(OCCC(CO)P(=O)(O)O)cc1. The van der Waals surface area contributed by atoms with E-state index in [1.54, 1.807) is 0 Å². The Morgan fingerprint density at radius 1 is 1.32 bits per heavy atom. The molecule has 106 valence electrons. The molecular formula is C10H14NO7P. The number of ether oxygens (including phenoxy) is 1. The van der Waals surface area contributed by atoms with E-state index in [4.69, 9.17) is 19.6 Å². The quantitative estimate of drug-likeness (QED) is 0.386. The minimum Gasteiger partial charge on any atom is -0.494 e. The summed E-state index contributed by atoms with van der Waals surface area (Å²) in [6.07, 6.45) is -0.0161. The number of non-ortho nitro benzene ring substituents is 1. The lowest BCUT2D eigenvalue weighted by atomic mass is 10.3. The number of hydrogen-bond acceptors (Lipinski definition) is 5. The number of hydrogen-bond donors (Lipinski definition) is 3. The van der Waals surface area contributed by atoms with Crippen molar-refractivity contribution >= 4 is 13.3 Å². The molecule has 1 atom stereocenters. The van der Waals surface area contributed by atoms with Gasteiger partial charge in [-0.3, -0.25) is 14.7 Å². The van der Waals surface area contributed by atoms with E-state index in [9.17, 15) is 14.7 Å². The molecule has 1 rings (SSSR count). The van der Waals surface area contributed by atoms with Gasteiger partial charge >= 0.3 is 7.60 Å². The molecule has 0 radical (unpaired) electrons. The van der Waals surface area contributed by atoms with Crippen molar-refractivity contribution in [3.63, 3.8) is 0 Å². The third-order valence-electron chi connectivity index (χ3n) is 2.45. The zero-order chi connectivity index (χ0) is 14.5. The summed E-state index contributed by atoms with van der Waals surface area (Å²) in [6.45, 7) is -0.637. The molecule has 1 aromatic rings. The van der Waals surface area contributed by atoms with Crippen LogP contribution < -0.4 is 4.74 Å². The van der Waals surface area contributed by atoms with Crippen molar-refractivity contribution in [3.05, 3.63) is 34.4 Å². The van der Waals surface area contributed by atoms with E-state index >= 15 is 0 Å². The van der Waals surface area contributed by atoms with Crippen LogP contribution in [0.15, 0.2) is 24.3 Å². The standard InChI is InChI=1S/C10H14NO7P/c12-7-10(19(15,16)17)5-6-18-9-3-1-8(2-4-9)11(13)14/h1-4,10,12H,5-7H2,(H2,15,16,17). The summed E-state index contributed by atoms with van der Waals surface area (Å²) in [5.74, 6) is 0.355. The molecule has 0 bridgehead atoms. The van der Waals surface area contributed by atoms with Gasteiger partial charge in [-0.1, -0.05) is 0 Å². The first-order valence-corrected chi connectivity index (χ1v) is 7.06. The first-order chi connectivity index (χ1) is 8.84. The molecular weight excluding hydrogens is 277 g/mol. The normalized spacial score (nSPS) is 13.0. The smallest absolute Gasteiger partial charge is 0.331 e. The van der Waals surface area contributed by atoms with Gasteiger partial charge in [-0.25, -0.2) is 0 Å². The molecule has 0 aliphatic heterocycles. The Kier molecular flexibility index (Phi) is 5.44. The van der Waals surface area contributed by atoms with Crippen LogP contribution in [0, 0.1) is 10.1 Å². The minimum atomic E-state index is -4.34. The van der Waals surface area contributed by atoms with Gasteiger partial charge in [-0.2, -0.15) is 0 Å². The maximum Gasteiger partial charge on any atom is 0.331 e. The molecule has 0 heterocycles. The lowest BCUT2D eigenvalue weighted by Crippen LogP contribution is -2.17. The van der Waals surface area contributed by atoms with Crippen LogP contribution in [0.1, 0.15) is 6.42 Å². The summed E-state index contributed by atoms with van der Waals surface area (Å²) < 4.78 is 16.1. The lowest BCUT2D eigenvalue weighted by molar-refractivity contribution is -0.384. The maximum atomic E-state index is 10.9. The Labute approximate surface area is 109 Å². The highest BCUT2D eigenvalue weighted by molar-refractivity contribution is 7.52. The van der Waals surface area contributed by atoms with Crippen LogP contribution in [0.4, 0.5) is 5.69 Å². The van der Waals surface area contributed by atoms with Crippen molar-refractivity contribution in [2.24, 2.45) is 0 Å². The number of nitrogens with zero attached hydrogens (tertiary/aromatic N) is 1. The van der Waals surface area contributed by atoms with Crippen LogP contribution in [0.3, 0.4) is 0 Å². The van der Waals surface area contributed by atoms with Gasteiger partial charge in [0.05, 0.1) is 23.8 Å². The Hall–Kier alpha value is -1.47. The number of aliphatic hydroxyl groups excluding tert-OH is 1. The number of aliphatic hydroxyl groups is 1. The maximum absolute atomic E-state index is 10.9. The van der Waals surface area contributed by atoms with E-state index in [1.807, 2.05) is 0 Å². The Morgan fingerprint density at radius 3 is 2.32 bits per heavy atom. The molecule has 1 unspecified atom stereocenters. The first-order valence-electron chi connectivity index (χ1n) is 5.38. The summed E-state index contributed by atoms with van der Waals surface area (Å²) in [5, 5.41) is 19.2. The van der Waals surface area contributed by atoms with Gasteiger partial charge in [0.25, 0.3) is 5.69 Å². The molecule has 3 N–H and O–H groups in total. The summed E-state index contributed by atoms with van der Waals surface area (Å²) >= 11 is 0. The van der Waals surface area contributed by atoms with Gasteiger partial charge in [0, 0.05) is 12.1 Å². The molecule has 0 aliphatic carbocycles. The minimum absolute atomic E-state index is 0.00581. The van der Waals surface area contributed by atoms with Crippen molar-refractivity contribution in [2.75, 3.05) is 13.2 Å². The highest BCUT2D eigenvalue weighted by atomic mass is 31.2. The van der Waals surface area contributed by atoms with Crippen LogP contribution in [0.2, 0.25) is 0 Å². The van der Waals surface area contributed by atoms with Crippen molar-refractivity contribution in [2.45, 2.75) is 12.1 Å². The Bertz CT molecular complexity index is 469. The fraction of sp³-hybridized carbons (Fsp3) is 0.400. The Balaban J connectivity index is 2.49. The van der Waals surface area contributed by atoms with Crippen LogP contribution in [0.5, 0.6) is 5.75 Å². The molecule has 0 spiro atoms. The molecule has 0 amide bonds. The van der Waals surface area contributed by atoms with E-state index in [-0.39, 0.29) is 18.7 Å². The first kappa shape index (κ1) is 15.6. The molecule has 1 aromatic carbocycles. The van der Waals surface area contributed by atoms with Gasteiger partial charge in [-0.15, -0.1) is 0 Å². The van der Waals surface area contributed by atoms with Crippen LogP contribution in [-0.4, -0.2) is 38.7 Å². The average molecular weight is 291 g/mol.